The fourth-order valence-electron chi connectivity index (χ4n) is 4.59. The number of carbonyl (C=O) groups is 1. The molecule has 1 unspecified atom stereocenters. The molecule has 2 aliphatic carbocycles. The van der Waals surface area contributed by atoms with Gasteiger partial charge in [-0.3, -0.25) is 4.79 Å². The van der Waals surface area contributed by atoms with Gasteiger partial charge in [-0.15, -0.1) is 0 Å². The molecule has 0 heterocycles. The third-order valence-electron chi connectivity index (χ3n) is 6.90. The first kappa shape index (κ1) is 24.7. The van der Waals surface area contributed by atoms with Crippen molar-refractivity contribution in [2.75, 3.05) is 0 Å². The van der Waals surface area contributed by atoms with Crippen molar-refractivity contribution in [1.29, 1.82) is 5.26 Å². The van der Waals surface area contributed by atoms with Crippen LogP contribution in [0.5, 0.6) is 0 Å². The van der Waals surface area contributed by atoms with Crippen LogP contribution in [0, 0.1) is 24.2 Å². The van der Waals surface area contributed by atoms with E-state index in [-0.39, 0.29) is 28.7 Å². The Balaban J connectivity index is 1.63. The number of ether oxygens (including phenoxy) is 1. The Hall–Kier alpha value is -2.40. The predicted octanol–water partition coefficient (Wildman–Crippen LogP) is 4.69. The number of nitrogens with zero attached hydrogens (tertiary/aromatic N) is 1. The summed E-state index contributed by atoms with van der Waals surface area (Å²) in [6.45, 7) is 5.84. The SMILES string of the molecule is Cc1ccc(C(C)(C)O[C@@H]2CC(S(=O)(=O)c3ccccc3Cl)C[C@H]2C(=O)NC2(C#N)CC2)cc1. The molecular formula is C26H29ClN2O4S. The molecule has 180 valence electrons. The number of hydrogen-bond donors (Lipinski definition) is 1. The standard InChI is InChI=1S/C26H29ClN2O4S/c1-17-8-10-18(11-9-17)25(2,3)33-22-15-19(34(31,32)23-7-5-4-6-21(23)27)14-20(22)24(30)29-26(16-28)12-13-26/h4-11,19-20,22H,12-15H2,1-3H3,(H,29,30)/t19?,20-,22-/m1/s1. The molecule has 3 atom stereocenters. The van der Waals surface area contributed by atoms with E-state index in [1.54, 1.807) is 18.2 Å². The normalized spacial score (nSPS) is 23.8. The van der Waals surface area contributed by atoms with Crippen LogP contribution in [0.25, 0.3) is 0 Å². The molecule has 0 aliphatic heterocycles. The van der Waals surface area contributed by atoms with Crippen LogP contribution in [0.4, 0.5) is 0 Å². The van der Waals surface area contributed by atoms with Gasteiger partial charge in [-0.1, -0.05) is 53.6 Å². The van der Waals surface area contributed by atoms with E-state index in [0.29, 0.717) is 12.8 Å². The first-order valence-electron chi connectivity index (χ1n) is 11.4. The minimum atomic E-state index is -3.79. The summed E-state index contributed by atoms with van der Waals surface area (Å²) in [4.78, 5) is 13.3. The van der Waals surface area contributed by atoms with Crippen molar-refractivity contribution in [2.24, 2.45) is 5.92 Å². The Morgan fingerprint density at radius 2 is 1.79 bits per heavy atom. The molecule has 2 fully saturated rings. The Bertz CT molecular complexity index is 1230. The zero-order chi connectivity index (χ0) is 24.7. The molecule has 1 amide bonds. The van der Waals surface area contributed by atoms with E-state index in [0.717, 1.165) is 11.1 Å². The zero-order valence-electron chi connectivity index (χ0n) is 19.5. The van der Waals surface area contributed by atoms with Crippen LogP contribution in [0.15, 0.2) is 53.4 Å². The maximum Gasteiger partial charge on any atom is 0.227 e. The maximum absolute atomic E-state index is 13.5. The van der Waals surface area contributed by atoms with Gasteiger partial charge in [-0.2, -0.15) is 5.26 Å². The van der Waals surface area contributed by atoms with E-state index in [9.17, 15) is 18.5 Å². The van der Waals surface area contributed by atoms with Gasteiger partial charge in [0.15, 0.2) is 9.84 Å². The van der Waals surface area contributed by atoms with Crippen molar-refractivity contribution >= 4 is 27.3 Å². The fraction of sp³-hybridized carbons (Fsp3) is 0.462. The molecule has 4 rings (SSSR count). The summed E-state index contributed by atoms with van der Waals surface area (Å²) in [7, 11) is -3.79. The third-order valence-corrected chi connectivity index (χ3v) is 9.57. The Kier molecular flexibility index (Phi) is 6.54. The van der Waals surface area contributed by atoms with Gasteiger partial charge < -0.3 is 10.1 Å². The summed E-state index contributed by atoms with van der Waals surface area (Å²) in [6, 6.07) is 16.5. The first-order chi connectivity index (χ1) is 16.0. The van der Waals surface area contributed by atoms with E-state index >= 15 is 0 Å². The Morgan fingerprint density at radius 1 is 1.15 bits per heavy atom. The summed E-state index contributed by atoms with van der Waals surface area (Å²) in [6.07, 6.45) is 0.844. The summed E-state index contributed by atoms with van der Waals surface area (Å²) >= 11 is 6.21. The average Bonchev–Trinajstić information content (AvgIpc) is 3.43. The molecule has 0 radical (unpaired) electrons. The topological polar surface area (TPSA) is 96.3 Å². The van der Waals surface area contributed by atoms with Crippen LogP contribution in [0.1, 0.15) is 50.7 Å². The minimum Gasteiger partial charge on any atom is -0.367 e. The average molecular weight is 501 g/mol. The summed E-state index contributed by atoms with van der Waals surface area (Å²) in [5.74, 6) is -1.03. The molecule has 2 aliphatic rings. The van der Waals surface area contributed by atoms with E-state index in [2.05, 4.69) is 11.4 Å². The van der Waals surface area contributed by atoms with Gasteiger partial charge >= 0.3 is 0 Å². The van der Waals surface area contributed by atoms with Gasteiger partial charge in [0.1, 0.15) is 5.54 Å². The molecule has 2 aromatic carbocycles. The Labute approximate surface area is 206 Å². The van der Waals surface area contributed by atoms with Crippen molar-refractivity contribution in [3.63, 3.8) is 0 Å². The molecule has 6 nitrogen and oxygen atoms in total. The van der Waals surface area contributed by atoms with Gasteiger partial charge in [0, 0.05) is 0 Å². The number of halogens is 1. The lowest BCUT2D eigenvalue weighted by molar-refractivity contribution is -0.137. The number of nitrogens with one attached hydrogen (secondary N) is 1. The van der Waals surface area contributed by atoms with Crippen LogP contribution in [0.3, 0.4) is 0 Å². The highest BCUT2D eigenvalue weighted by atomic mass is 35.5. The number of nitriles is 1. The number of aryl methyl sites for hydroxylation is 1. The number of sulfone groups is 1. The highest BCUT2D eigenvalue weighted by Gasteiger charge is 2.51. The van der Waals surface area contributed by atoms with Crippen molar-refractivity contribution in [2.45, 2.75) is 73.8 Å². The lowest BCUT2D eigenvalue weighted by Gasteiger charge is -2.32. The van der Waals surface area contributed by atoms with Crippen LogP contribution >= 0.6 is 11.6 Å². The lowest BCUT2D eigenvalue weighted by atomic mass is 9.95. The first-order valence-corrected chi connectivity index (χ1v) is 13.4. The van der Waals surface area contributed by atoms with Crippen molar-refractivity contribution in [3.05, 3.63) is 64.7 Å². The van der Waals surface area contributed by atoms with Crippen molar-refractivity contribution in [1.82, 2.24) is 5.32 Å². The van der Waals surface area contributed by atoms with E-state index in [1.807, 2.05) is 45.0 Å². The highest BCUT2D eigenvalue weighted by molar-refractivity contribution is 7.92. The van der Waals surface area contributed by atoms with Gasteiger partial charge in [0.2, 0.25) is 5.91 Å². The van der Waals surface area contributed by atoms with E-state index < -0.39 is 38.2 Å². The summed E-state index contributed by atoms with van der Waals surface area (Å²) < 4.78 is 33.4. The summed E-state index contributed by atoms with van der Waals surface area (Å²) in [5, 5.41) is 11.6. The van der Waals surface area contributed by atoms with E-state index in [1.165, 1.54) is 6.07 Å². The van der Waals surface area contributed by atoms with Gasteiger partial charge in [-0.05, 0) is 64.2 Å². The van der Waals surface area contributed by atoms with Crippen LogP contribution in [-0.4, -0.2) is 31.2 Å². The largest absolute Gasteiger partial charge is 0.367 e. The monoisotopic (exact) mass is 500 g/mol. The van der Waals surface area contributed by atoms with Gasteiger partial charge in [0.25, 0.3) is 0 Å². The quantitative estimate of drug-likeness (QED) is 0.594. The minimum absolute atomic E-state index is 0.0648. The van der Waals surface area contributed by atoms with Crippen molar-refractivity contribution < 1.29 is 17.9 Å². The predicted molar refractivity (Wildman–Crippen MR) is 130 cm³/mol. The maximum atomic E-state index is 13.5. The zero-order valence-corrected chi connectivity index (χ0v) is 21.1. The third kappa shape index (κ3) is 4.86. The van der Waals surface area contributed by atoms with Crippen LogP contribution < -0.4 is 5.32 Å². The summed E-state index contributed by atoms with van der Waals surface area (Å²) in [5.41, 5.74) is 0.473. The molecule has 0 bridgehead atoms. The second kappa shape index (κ2) is 8.99. The number of amides is 1. The second-order valence-corrected chi connectivity index (χ2v) is 12.5. The molecule has 0 aromatic heterocycles. The fourth-order valence-corrected chi connectivity index (χ4v) is 6.92. The van der Waals surface area contributed by atoms with Crippen LogP contribution in [0.2, 0.25) is 5.02 Å². The van der Waals surface area contributed by atoms with Crippen LogP contribution in [-0.2, 0) is 25.0 Å². The molecule has 0 saturated heterocycles. The number of rotatable bonds is 7. The molecule has 0 spiro atoms. The molecule has 34 heavy (non-hydrogen) atoms. The number of benzene rings is 2. The smallest absolute Gasteiger partial charge is 0.227 e. The molecule has 2 aromatic rings. The highest BCUT2D eigenvalue weighted by Crippen LogP contribution is 2.42. The molecule has 2 saturated carbocycles. The molecule has 8 heteroatoms. The molecular weight excluding hydrogens is 472 g/mol. The molecule has 1 N–H and O–H groups in total. The Morgan fingerprint density at radius 3 is 2.38 bits per heavy atom. The van der Waals surface area contributed by atoms with E-state index in [4.69, 9.17) is 16.3 Å². The van der Waals surface area contributed by atoms with Crippen molar-refractivity contribution in [3.8, 4) is 6.07 Å². The number of hydrogen-bond acceptors (Lipinski definition) is 5. The number of carbonyl (C=O) groups excluding carboxylic acids is 1. The second-order valence-electron chi connectivity index (χ2n) is 9.89. The van der Waals surface area contributed by atoms with Gasteiger partial charge in [-0.25, -0.2) is 8.42 Å². The lowest BCUT2D eigenvalue weighted by Crippen LogP contribution is -2.44. The van der Waals surface area contributed by atoms with Gasteiger partial charge in [0.05, 0.1) is 38.9 Å².